The summed E-state index contributed by atoms with van der Waals surface area (Å²) < 4.78 is 39.1. The van der Waals surface area contributed by atoms with Crippen molar-refractivity contribution in [2.75, 3.05) is 23.8 Å². The lowest BCUT2D eigenvalue weighted by Crippen LogP contribution is -2.21. The predicted molar refractivity (Wildman–Crippen MR) is 128 cm³/mol. The number of para-hydroxylation sites is 2. The van der Waals surface area contributed by atoms with Gasteiger partial charge in [0, 0.05) is 9.26 Å². The molecule has 0 aromatic heterocycles. The van der Waals surface area contributed by atoms with Crippen LogP contribution in [0.3, 0.4) is 0 Å². The topological polar surface area (TPSA) is 111 Å². The van der Waals surface area contributed by atoms with Gasteiger partial charge < -0.3 is 14.8 Å². The molecule has 0 aliphatic heterocycles. The molecule has 0 bridgehead atoms. The summed E-state index contributed by atoms with van der Waals surface area (Å²) in [7, 11) is -2.57. The van der Waals surface area contributed by atoms with Crippen LogP contribution in [0.1, 0.15) is 10.4 Å². The van der Waals surface area contributed by atoms with E-state index in [4.69, 9.17) is 9.47 Å². The molecule has 0 fully saturated rings. The van der Waals surface area contributed by atoms with Crippen molar-refractivity contribution in [1.82, 2.24) is 0 Å². The first-order valence-electron chi connectivity index (χ1n) is 9.27. The number of halogens is 1. The fraction of sp³-hybridized carbons (Fsp3) is 0.0909. The average molecular weight is 566 g/mol. The molecule has 0 aliphatic rings. The van der Waals surface area contributed by atoms with Gasteiger partial charge in [-0.2, -0.15) is 0 Å². The van der Waals surface area contributed by atoms with Crippen molar-refractivity contribution in [3.05, 3.63) is 81.9 Å². The zero-order valence-corrected chi connectivity index (χ0v) is 19.8. The number of ether oxygens (including phenoxy) is 2. The standard InChI is InChI=1S/C22H19IN2O6S/c1-30-20-8-3-2-7-19(20)25-32(28,29)18-6-4-5-15(13-18)22(27)31-14-21(26)24-17-11-9-16(23)10-12-17/h2-13,25H,14H2,1H3,(H,24,26). The minimum absolute atomic E-state index is 0.00466. The van der Waals surface area contributed by atoms with Crippen LogP contribution < -0.4 is 14.8 Å². The van der Waals surface area contributed by atoms with Crippen LogP contribution in [-0.2, 0) is 19.6 Å². The smallest absolute Gasteiger partial charge is 0.338 e. The molecule has 8 nitrogen and oxygen atoms in total. The van der Waals surface area contributed by atoms with E-state index in [1.807, 2.05) is 12.1 Å². The molecule has 0 unspecified atom stereocenters. The molecule has 10 heteroatoms. The Kier molecular flexibility index (Phi) is 7.70. The number of benzene rings is 3. The lowest BCUT2D eigenvalue weighted by molar-refractivity contribution is -0.119. The molecule has 3 aromatic rings. The monoisotopic (exact) mass is 566 g/mol. The number of carbonyl (C=O) groups is 2. The van der Waals surface area contributed by atoms with Crippen molar-refractivity contribution >= 4 is 55.9 Å². The Morgan fingerprint density at radius 2 is 1.69 bits per heavy atom. The highest BCUT2D eigenvalue weighted by molar-refractivity contribution is 14.1. The number of hydrogen-bond donors (Lipinski definition) is 2. The molecule has 3 aromatic carbocycles. The minimum atomic E-state index is -4.00. The Hall–Kier alpha value is -3.12. The van der Waals surface area contributed by atoms with Crippen LogP contribution in [0.4, 0.5) is 11.4 Å². The molecule has 3 rings (SSSR count). The van der Waals surface area contributed by atoms with E-state index in [2.05, 4.69) is 32.6 Å². The molecule has 0 saturated carbocycles. The summed E-state index contributed by atoms with van der Waals surface area (Å²) in [6.07, 6.45) is 0. The van der Waals surface area contributed by atoms with E-state index < -0.39 is 28.5 Å². The van der Waals surface area contributed by atoms with Gasteiger partial charge >= 0.3 is 5.97 Å². The molecular formula is C22H19IN2O6S. The largest absolute Gasteiger partial charge is 0.495 e. The third-order valence-electron chi connectivity index (χ3n) is 4.19. The van der Waals surface area contributed by atoms with Gasteiger partial charge in [0.2, 0.25) is 0 Å². The van der Waals surface area contributed by atoms with Crippen LogP contribution in [0.5, 0.6) is 5.75 Å². The number of sulfonamides is 1. The number of methoxy groups -OCH3 is 1. The minimum Gasteiger partial charge on any atom is -0.495 e. The fourth-order valence-electron chi connectivity index (χ4n) is 2.67. The van der Waals surface area contributed by atoms with Crippen LogP contribution in [-0.4, -0.2) is 34.0 Å². The number of anilines is 2. The molecule has 32 heavy (non-hydrogen) atoms. The first kappa shape index (κ1) is 23.5. The summed E-state index contributed by atoms with van der Waals surface area (Å²) in [5.41, 5.74) is 0.826. The molecular weight excluding hydrogens is 547 g/mol. The van der Waals surface area contributed by atoms with Gasteiger partial charge in [0.15, 0.2) is 6.61 Å². The summed E-state index contributed by atoms with van der Waals surface area (Å²) in [5.74, 6) is -0.982. The van der Waals surface area contributed by atoms with Gasteiger partial charge in [-0.15, -0.1) is 0 Å². The van der Waals surface area contributed by atoms with Gasteiger partial charge in [0.25, 0.3) is 15.9 Å². The van der Waals surface area contributed by atoms with E-state index in [9.17, 15) is 18.0 Å². The maximum absolute atomic E-state index is 12.8. The molecule has 0 radical (unpaired) electrons. The normalized spacial score (nSPS) is 10.8. The van der Waals surface area contributed by atoms with Gasteiger partial charge in [-0.05, 0) is 77.2 Å². The summed E-state index contributed by atoms with van der Waals surface area (Å²) in [5, 5.41) is 2.61. The molecule has 0 heterocycles. The number of rotatable bonds is 8. The van der Waals surface area contributed by atoms with Gasteiger partial charge in [-0.25, -0.2) is 13.2 Å². The molecule has 1 amide bonds. The highest BCUT2D eigenvalue weighted by Crippen LogP contribution is 2.26. The van der Waals surface area contributed by atoms with Crippen LogP contribution in [0.2, 0.25) is 0 Å². The Morgan fingerprint density at radius 3 is 2.41 bits per heavy atom. The molecule has 166 valence electrons. The highest BCUT2D eigenvalue weighted by Gasteiger charge is 2.19. The lowest BCUT2D eigenvalue weighted by Gasteiger charge is -2.12. The van der Waals surface area contributed by atoms with Crippen molar-refractivity contribution in [2.24, 2.45) is 0 Å². The number of nitrogens with one attached hydrogen (secondary N) is 2. The van der Waals surface area contributed by atoms with Gasteiger partial charge in [-0.1, -0.05) is 18.2 Å². The van der Waals surface area contributed by atoms with Crippen LogP contribution in [0.15, 0.2) is 77.7 Å². The van der Waals surface area contributed by atoms with E-state index in [1.54, 1.807) is 36.4 Å². The summed E-state index contributed by atoms with van der Waals surface area (Å²) in [6.45, 7) is -0.513. The fourth-order valence-corrected chi connectivity index (χ4v) is 4.14. The average Bonchev–Trinajstić information content (AvgIpc) is 2.79. The number of esters is 1. The molecule has 2 N–H and O–H groups in total. The summed E-state index contributed by atoms with van der Waals surface area (Å²) >= 11 is 2.14. The SMILES string of the molecule is COc1ccccc1NS(=O)(=O)c1cccc(C(=O)OCC(=O)Nc2ccc(I)cc2)c1. The summed E-state index contributed by atoms with van der Waals surface area (Å²) in [6, 6.07) is 19.0. The second-order valence-electron chi connectivity index (χ2n) is 6.46. The van der Waals surface area contributed by atoms with Crippen molar-refractivity contribution in [2.45, 2.75) is 4.90 Å². The van der Waals surface area contributed by atoms with E-state index in [1.165, 1.54) is 31.4 Å². The quantitative estimate of drug-likeness (QED) is 0.316. The molecule has 0 spiro atoms. The second-order valence-corrected chi connectivity index (χ2v) is 9.39. The van der Waals surface area contributed by atoms with Crippen LogP contribution >= 0.6 is 22.6 Å². The van der Waals surface area contributed by atoms with Gasteiger partial charge in [0.05, 0.1) is 23.3 Å². The number of hydrogen-bond acceptors (Lipinski definition) is 6. The van der Waals surface area contributed by atoms with Crippen LogP contribution in [0.25, 0.3) is 0 Å². The molecule has 0 saturated heterocycles. The lowest BCUT2D eigenvalue weighted by atomic mass is 10.2. The Morgan fingerprint density at radius 1 is 0.969 bits per heavy atom. The Balaban J connectivity index is 1.66. The van der Waals surface area contributed by atoms with Gasteiger partial charge in [0.1, 0.15) is 5.75 Å². The van der Waals surface area contributed by atoms with Crippen molar-refractivity contribution in [3.63, 3.8) is 0 Å². The second kappa shape index (κ2) is 10.5. The van der Waals surface area contributed by atoms with E-state index in [-0.39, 0.29) is 16.1 Å². The number of carbonyl (C=O) groups excluding carboxylic acids is 2. The molecule has 0 atom stereocenters. The van der Waals surface area contributed by atoms with Crippen LogP contribution in [0, 0.1) is 3.57 Å². The highest BCUT2D eigenvalue weighted by atomic mass is 127. The van der Waals surface area contributed by atoms with E-state index in [0.29, 0.717) is 11.4 Å². The maximum Gasteiger partial charge on any atom is 0.338 e. The summed E-state index contributed by atoms with van der Waals surface area (Å²) in [4.78, 5) is 24.2. The van der Waals surface area contributed by atoms with Crippen molar-refractivity contribution in [3.8, 4) is 5.75 Å². The van der Waals surface area contributed by atoms with Gasteiger partial charge in [-0.3, -0.25) is 9.52 Å². The van der Waals surface area contributed by atoms with Crippen molar-refractivity contribution in [1.29, 1.82) is 0 Å². The third kappa shape index (κ3) is 6.20. The number of amides is 1. The van der Waals surface area contributed by atoms with E-state index >= 15 is 0 Å². The Labute approximate surface area is 199 Å². The molecule has 0 aliphatic carbocycles. The Bertz CT molecular complexity index is 1230. The first-order valence-corrected chi connectivity index (χ1v) is 11.8. The third-order valence-corrected chi connectivity index (χ3v) is 6.28. The first-order chi connectivity index (χ1) is 15.3. The predicted octanol–water partition coefficient (Wildman–Crippen LogP) is 3.90. The van der Waals surface area contributed by atoms with Crippen molar-refractivity contribution < 1.29 is 27.5 Å². The van der Waals surface area contributed by atoms with E-state index in [0.717, 1.165) is 3.57 Å². The zero-order valence-electron chi connectivity index (χ0n) is 16.9. The zero-order chi connectivity index (χ0) is 23.1. The maximum atomic E-state index is 12.8.